The van der Waals surface area contributed by atoms with E-state index in [4.69, 9.17) is 4.99 Å². The van der Waals surface area contributed by atoms with Gasteiger partial charge in [-0.05, 0) is 57.0 Å². The molecule has 1 atom stereocenters. The first kappa shape index (κ1) is 19.7. The van der Waals surface area contributed by atoms with Crippen LogP contribution in [0, 0.1) is 0 Å². The van der Waals surface area contributed by atoms with Crippen LogP contribution in [0.15, 0.2) is 29.3 Å². The van der Waals surface area contributed by atoms with E-state index in [9.17, 15) is 4.79 Å². The van der Waals surface area contributed by atoms with Crippen molar-refractivity contribution in [2.75, 3.05) is 37.6 Å². The summed E-state index contributed by atoms with van der Waals surface area (Å²) in [6.07, 6.45) is 4.18. The molecule has 0 bridgehead atoms. The first-order chi connectivity index (χ1) is 13.2. The number of rotatable bonds is 7. The van der Waals surface area contributed by atoms with Crippen molar-refractivity contribution in [2.45, 2.75) is 52.1 Å². The molecule has 2 N–H and O–H groups in total. The molecule has 3 rings (SSSR count). The van der Waals surface area contributed by atoms with E-state index in [-0.39, 0.29) is 5.91 Å². The zero-order chi connectivity index (χ0) is 19.1. The molecule has 0 aliphatic carbocycles. The molecule has 27 heavy (non-hydrogen) atoms. The lowest BCUT2D eigenvalue weighted by Crippen LogP contribution is -2.44. The Balaban J connectivity index is 1.55. The van der Waals surface area contributed by atoms with Crippen molar-refractivity contribution in [1.82, 2.24) is 15.5 Å². The number of benzene rings is 1. The smallest absolute Gasteiger partial charge is 0.227 e. The van der Waals surface area contributed by atoms with Crippen LogP contribution in [0.4, 0.5) is 5.69 Å². The highest BCUT2D eigenvalue weighted by atomic mass is 16.2. The minimum Gasteiger partial charge on any atom is -0.357 e. The molecule has 6 heteroatoms. The minimum absolute atomic E-state index is 0.229. The third-order valence-corrected chi connectivity index (χ3v) is 5.50. The number of anilines is 1. The molecular formula is C21H33N5O. The Kier molecular flexibility index (Phi) is 7.10. The number of aliphatic imine (C=N–C) groups is 1. The Hall–Kier alpha value is -2.08. The normalized spacial score (nSPS) is 21.1. The molecule has 2 saturated heterocycles. The van der Waals surface area contributed by atoms with Crippen molar-refractivity contribution in [3.8, 4) is 0 Å². The molecule has 148 valence electrons. The molecule has 0 radical (unpaired) electrons. The number of hydrogen-bond donors (Lipinski definition) is 2. The number of guanidine groups is 1. The third-order valence-electron chi connectivity index (χ3n) is 5.50. The number of hydrogen-bond acceptors (Lipinski definition) is 3. The maximum Gasteiger partial charge on any atom is 0.227 e. The Morgan fingerprint density at radius 1 is 1.15 bits per heavy atom. The second-order valence-electron chi connectivity index (χ2n) is 7.32. The van der Waals surface area contributed by atoms with E-state index < -0.39 is 0 Å². The number of carbonyl (C=O) groups is 1. The average molecular weight is 372 g/mol. The summed E-state index contributed by atoms with van der Waals surface area (Å²) in [7, 11) is 0. The van der Waals surface area contributed by atoms with Gasteiger partial charge in [0.05, 0.1) is 6.54 Å². The van der Waals surface area contributed by atoms with Crippen molar-refractivity contribution < 1.29 is 4.79 Å². The van der Waals surface area contributed by atoms with Crippen LogP contribution >= 0.6 is 0 Å². The van der Waals surface area contributed by atoms with Gasteiger partial charge in [-0.1, -0.05) is 19.1 Å². The highest BCUT2D eigenvalue weighted by Gasteiger charge is 2.23. The zero-order valence-corrected chi connectivity index (χ0v) is 16.7. The third kappa shape index (κ3) is 5.22. The lowest BCUT2D eigenvalue weighted by Gasteiger charge is -2.24. The molecule has 1 unspecified atom stereocenters. The summed E-state index contributed by atoms with van der Waals surface area (Å²) in [5, 5.41) is 6.84. The lowest BCUT2D eigenvalue weighted by molar-refractivity contribution is -0.117. The number of amides is 1. The highest BCUT2D eigenvalue weighted by Crippen LogP contribution is 2.21. The van der Waals surface area contributed by atoms with Crippen molar-refractivity contribution in [2.24, 2.45) is 4.99 Å². The number of nitrogens with zero attached hydrogens (tertiary/aromatic N) is 3. The fourth-order valence-corrected chi connectivity index (χ4v) is 3.97. The van der Waals surface area contributed by atoms with Crippen molar-refractivity contribution in [1.29, 1.82) is 0 Å². The molecule has 0 spiro atoms. The molecule has 1 aromatic rings. The first-order valence-electron chi connectivity index (χ1n) is 10.4. The van der Waals surface area contributed by atoms with Crippen LogP contribution < -0.4 is 15.5 Å². The Morgan fingerprint density at radius 3 is 2.63 bits per heavy atom. The molecule has 2 aliphatic rings. The van der Waals surface area contributed by atoms with Gasteiger partial charge in [-0.25, -0.2) is 4.99 Å². The van der Waals surface area contributed by atoms with Crippen LogP contribution in [-0.2, 0) is 11.3 Å². The summed E-state index contributed by atoms with van der Waals surface area (Å²) < 4.78 is 0. The summed E-state index contributed by atoms with van der Waals surface area (Å²) >= 11 is 0. The van der Waals surface area contributed by atoms with Crippen LogP contribution in [0.1, 0.15) is 45.1 Å². The molecule has 2 fully saturated rings. The van der Waals surface area contributed by atoms with Gasteiger partial charge in [0.15, 0.2) is 5.96 Å². The number of nitrogens with one attached hydrogen (secondary N) is 2. The van der Waals surface area contributed by atoms with E-state index in [1.54, 1.807) is 0 Å². The maximum atomic E-state index is 11.9. The van der Waals surface area contributed by atoms with Crippen LogP contribution in [0.25, 0.3) is 0 Å². The minimum atomic E-state index is 0.229. The largest absolute Gasteiger partial charge is 0.357 e. The van der Waals surface area contributed by atoms with Gasteiger partial charge in [0.1, 0.15) is 0 Å². The predicted octanol–water partition coefficient (Wildman–Crippen LogP) is 2.35. The fraction of sp³-hybridized carbons (Fsp3) is 0.619. The summed E-state index contributed by atoms with van der Waals surface area (Å²) in [6, 6.07) is 8.82. The molecule has 0 aromatic heterocycles. The average Bonchev–Trinajstić information content (AvgIpc) is 3.33. The van der Waals surface area contributed by atoms with Crippen molar-refractivity contribution in [3.63, 3.8) is 0 Å². The Labute approximate surface area is 163 Å². The van der Waals surface area contributed by atoms with Crippen LogP contribution in [0.5, 0.6) is 0 Å². The van der Waals surface area contributed by atoms with Crippen molar-refractivity contribution >= 4 is 17.6 Å². The molecule has 6 nitrogen and oxygen atoms in total. The van der Waals surface area contributed by atoms with E-state index in [1.165, 1.54) is 19.4 Å². The van der Waals surface area contributed by atoms with Crippen molar-refractivity contribution in [3.05, 3.63) is 29.8 Å². The lowest BCUT2D eigenvalue weighted by atomic mass is 10.2. The van der Waals surface area contributed by atoms with Gasteiger partial charge in [0, 0.05) is 37.8 Å². The first-order valence-corrected chi connectivity index (χ1v) is 10.4. The van der Waals surface area contributed by atoms with Crippen LogP contribution in [0.3, 0.4) is 0 Å². The fourth-order valence-electron chi connectivity index (χ4n) is 3.97. The van der Waals surface area contributed by atoms with Gasteiger partial charge in [-0.3, -0.25) is 9.69 Å². The Bertz CT molecular complexity index is 642. The molecular weight excluding hydrogens is 338 g/mol. The van der Waals surface area contributed by atoms with E-state index in [1.807, 2.05) is 17.0 Å². The van der Waals surface area contributed by atoms with Gasteiger partial charge in [-0.2, -0.15) is 0 Å². The maximum absolute atomic E-state index is 11.9. The van der Waals surface area contributed by atoms with E-state index in [2.05, 4.69) is 41.5 Å². The second-order valence-corrected chi connectivity index (χ2v) is 7.32. The van der Waals surface area contributed by atoms with Gasteiger partial charge in [0.2, 0.25) is 5.91 Å². The molecule has 1 aromatic carbocycles. The summed E-state index contributed by atoms with van der Waals surface area (Å²) in [5.74, 6) is 1.10. The summed E-state index contributed by atoms with van der Waals surface area (Å²) in [5.41, 5.74) is 2.15. The second kappa shape index (κ2) is 9.74. The monoisotopic (exact) mass is 371 g/mol. The molecule has 1 amide bonds. The predicted molar refractivity (Wildman–Crippen MR) is 111 cm³/mol. The number of carbonyl (C=O) groups excluding carboxylic acids is 1. The highest BCUT2D eigenvalue weighted by molar-refractivity contribution is 5.95. The topological polar surface area (TPSA) is 60.0 Å². The zero-order valence-electron chi connectivity index (χ0n) is 16.7. The van der Waals surface area contributed by atoms with E-state index in [0.29, 0.717) is 19.0 Å². The SMILES string of the molecule is CCNC(=NCc1ccc(N2CCCC2=O)cc1)NCC1CCCN1CC. The number of likely N-dealkylation sites (tertiary alicyclic amines) is 1. The molecule has 2 aliphatic heterocycles. The molecule has 0 saturated carbocycles. The van der Waals surface area contributed by atoms with Crippen LogP contribution in [0.2, 0.25) is 0 Å². The summed E-state index contributed by atoms with van der Waals surface area (Å²) in [4.78, 5) is 21.0. The number of likely N-dealkylation sites (N-methyl/N-ethyl adjacent to an activating group) is 1. The van der Waals surface area contributed by atoms with Crippen LogP contribution in [-0.4, -0.2) is 55.5 Å². The van der Waals surface area contributed by atoms with E-state index >= 15 is 0 Å². The van der Waals surface area contributed by atoms with Gasteiger partial charge in [-0.15, -0.1) is 0 Å². The summed E-state index contributed by atoms with van der Waals surface area (Å²) in [6.45, 7) is 9.91. The standard InChI is InChI=1S/C21H33N5O/c1-3-22-21(24-16-19-7-5-13-25(19)4-2)23-15-17-9-11-18(12-10-17)26-14-6-8-20(26)27/h9-12,19H,3-8,13-16H2,1-2H3,(H2,22,23,24). The molecule has 2 heterocycles. The quantitative estimate of drug-likeness (QED) is 0.571. The van der Waals surface area contributed by atoms with E-state index in [0.717, 1.165) is 49.8 Å². The van der Waals surface area contributed by atoms with Gasteiger partial charge in [0.25, 0.3) is 0 Å². The van der Waals surface area contributed by atoms with Gasteiger partial charge >= 0.3 is 0 Å². The van der Waals surface area contributed by atoms with Gasteiger partial charge < -0.3 is 15.5 Å². The Morgan fingerprint density at radius 2 is 1.96 bits per heavy atom.